The molecule has 2 aromatic rings. The van der Waals surface area contributed by atoms with Gasteiger partial charge in [-0.1, -0.05) is 12.1 Å². The number of anilines is 1. The molecule has 0 amide bonds. The summed E-state index contributed by atoms with van der Waals surface area (Å²) in [6.45, 7) is 2.04. The van der Waals surface area contributed by atoms with Gasteiger partial charge in [0.25, 0.3) is 0 Å². The van der Waals surface area contributed by atoms with Gasteiger partial charge in [-0.25, -0.2) is 4.98 Å². The quantitative estimate of drug-likeness (QED) is 0.903. The fourth-order valence-corrected chi connectivity index (χ4v) is 3.61. The average molecular weight is 302 g/mol. The Morgan fingerprint density at radius 2 is 2.24 bits per heavy atom. The molecule has 1 saturated carbocycles. The Balaban J connectivity index is 1.71. The molecule has 1 heterocycles. The number of ether oxygens (including phenoxy) is 1. The number of thiazole rings is 1. The molecule has 0 radical (unpaired) electrons. The van der Waals surface area contributed by atoms with Crippen LogP contribution in [0.5, 0.6) is 0 Å². The maximum absolute atomic E-state index is 5.51. The zero-order valence-electron chi connectivity index (χ0n) is 12.6. The van der Waals surface area contributed by atoms with E-state index in [9.17, 15) is 0 Å². The number of benzene rings is 1. The summed E-state index contributed by atoms with van der Waals surface area (Å²) < 4.78 is 5.51. The molecule has 0 aliphatic heterocycles. The lowest BCUT2D eigenvalue weighted by molar-refractivity contribution is 0.0669. The molecule has 1 aromatic carbocycles. The largest absolute Gasteiger partial charge is 0.382 e. The lowest BCUT2D eigenvalue weighted by atomic mass is 9.92. The SMILES string of the molecule is COC1CCCC(Nc2cccc(-c3csc(C)n3)c2)C1. The van der Waals surface area contributed by atoms with Crippen LogP contribution in [0.25, 0.3) is 11.3 Å². The van der Waals surface area contributed by atoms with Crippen LogP contribution in [0, 0.1) is 6.92 Å². The lowest BCUT2D eigenvalue weighted by Crippen LogP contribution is -2.30. The van der Waals surface area contributed by atoms with Gasteiger partial charge in [0.05, 0.1) is 16.8 Å². The highest BCUT2D eigenvalue weighted by Crippen LogP contribution is 2.27. The first-order chi connectivity index (χ1) is 10.2. The fourth-order valence-electron chi connectivity index (χ4n) is 2.99. The molecule has 0 spiro atoms. The van der Waals surface area contributed by atoms with Gasteiger partial charge in [-0.15, -0.1) is 11.3 Å². The summed E-state index contributed by atoms with van der Waals surface area (Å²) >= 11 is 1.70. The van der Waals surface area contributed by atoms with Crippen molar-refractivity contribution < 1.29 is 4.74 Å². The molecule has 112 valence electrons. The van der Waals surface area contributed by atoms with Gasteiger partial charge in [0.2, 0.25) is 0 Å². The van der Waals surface area contributed by atoms with Crippen molar-refractivity contribution in [2.75, 3.05) is 12.4 Å². The summed E-state index contributed by atoms with van der Waals surface area (Å²) in [7, 11) is 1.82. The second kappa shape index (κ2) is 6.58. The highest BCUT2D eigenvalue weighted by Gasteiger charge is 2.21. The Labute approximate surface area is 130 Å². The molecule has 1 fully saturated rings. The zero-order valence-corrected chi connectivity index (χ0v) is 13.5. The number of methoxy groups -OCH3 is 1. The number of hydrogen-bond acceptors (Lipinski definition) is 4. The second-order valence-electron chi connectivity index (χ2n) is 5.70. The lowest BCUT2D eigenvalue weighted by Gasteiger charge is -2.29. The molecule has 3 nitrogen and oxygen atoms in total. The Bertz CT molecular complexity index is 596. The van der Waals surface area contributed by atoms with E-state index in [1.54, 1.807) is 11.3 Å². The van der Waals surface area contributed by atoms with Gasteiger partial charge in [-0.3, -0.25) is 0 Å². The highest BCUT2D eigenvalue weighted by molar-refractivity contribution is 7.09. The van der Waals surface area contributed by atoms with E-state index >= 15 is 0 Å². The van der Waals surface area contributed by atoms with Gasteiger partial charge in [0, 0.05) is 29.8 Å². The minimum Gasteiger partial charge on any atom is -0.382 e. The van der Waals surface area contributed by atoms with E-state index < -0.39 is 0 Å². The van der Waals surface area contributed by atoms with Gasteiger partial charge in [0.15, 0.2) is 0 Å². The van der Waals surface area contributed by atoms with Gasteiger partial charge in [-0.2, -0.15) is 0 Å². The molecule has 1 aliphatic rings. The van der Waals surface area contributed by atoms with Gasteiger partial charge in [0.1, 0.15) is 0 Å². The van der Waals surface area contributed by atoms with E-state index in [4.69, 9.17) is 4.74 Å². The van der Waals surface area contributed by atoms with E-state index in [1.807, 2.05) is 14.0 Å². The van der Waals surface area contributed by atoms with Crippen LogP contribution in [0.15, 0.2) is 29.6 Å². The Morgan fingerprint density at radius 1 is 1.33 bits per heavy atom. The monoisotopic (exact) mass is 302 g/mol. The molecule has 1 aromatic heterocycles. The molecular formula is C17H22N2OS. The van der Waals surface area contributed by atoms with Crippen LogP contribution in [-0.4, -0.2) is 24.2 Å². The predicted octanol–water partition coefficient (Wildman–Crippen LogP) is 4.49. The fraction of sp³-hybridized carbons (Fsp3) is 0.471. The third kappa shape index (κ3) is 3.63. The number of nitrogens with one attached hydrogen (secondary N) is 1. The summed E-state index contributed by atoms with van der Waals surface area (Å²) in [6, 6.07) is 9.07. The van der Waals surface area contributed by atoms with E-state index in [2.05, 4.69) is 39.9 Å². The van der Waals surface area contributed by atoms with Crippen LogP contribution in [0.1, 0.15) is 30.7 Å². The van der Waals surface area contributed by atoms with Crippen molar-refractivity contribution in [2.45, 2.75) is 44.8 Å². The van der Waals surface area contributed by atoms with E-state index in [0.29, 0.717) is 12.1 Å². The minimum atomic E-state index is 0.403. The third-order valence-electron chi connectivity index (χ3n) is 4.11. The first-order valence-electron chi connectivity index (χ1n) is 7.56. The van der Waals surface area contributed by atoms with E-state index in [-0.39, 0.29) is 0 Å². The number of nitrogens with zero attached hydrogens (tertiary/aromatic N) is 1. The standard InChI is InChI=1S/C17H22N2OS/c1-12-18-17(11-21-12)13-5-3-6-14(9-13)19-15-7-4-8-16(10-15)20-2/h3,5-6,9,11,15-16,19H,4,7-8,10H2,1-2H3. The Morgan fingerprint density at radius 3 is 3.00 bits per heavy atom. The van der Waals surface area contributed by atoms with Crippen LogP contribution in [0.4, 0.5) is 5.69 Å². The summed E-state index contributed by atoms with van der Waals surface area (Å²) in [6.07, 6.45) is 5.14. The van der Waals surface area contributed by atoms with Crippen molar-refractivity contribution in [3.63, 3.8) is 0 Å². The summed E-state index contributed by atoms with van der Waals surface area (Å²) in [5.74, 6) is 0. The summed E-state index contributed by atoms with van der Waals surface area (Å²) in [5, 5.41) is 6.89. The molecule has 0 saturated heterocycles. The van der Waals surface area contributed by atoms with Gasteiger partial charge in [-0.05, 0) is 44.7 Å². The molecule has 0 bridgehead atoms. The number of aromatic nitrogens is 1. The molecule has 1 aliphatic carbocycles. The molecule has 4 heteroatoms. The maximum atomic E-state index is 5.51. The van der Waals surface area contributed by atoms with E-state index in [1.165, 1.54) is 30.5 Å². The van der Waals surface area contributed by atoms with Gasteiger partial charge >= 0.3 is 0 Å². The van der Waals surface area contributed by atoms with Crippen LogP contribution in [-0.2, 0) is 4.74 Å². The van der Waals surface area contributed by atoms with E-state index in [0.717, 1.165) is 17.1 Å². The number of aryl methyl sites for hydroxylation is 1. The second-order valence-corrected chi connectivity index (χ2v) is 6.76. The zero-order chi connectivity index (χ0) is 14.7. The van der Waals surface area contributed by atoms with Crippen LogP contribution >= 0.6 is 11.3 Å². The molecule has 2 unspecified atom stereocenters. The molecule has 3 rings (SSSR count). The van der Waals surface area contributed by atoms with Crippen molar-refractivity contribution in [1.29, 1.82) is 0 Å². The smallest absolute Gasteiger partial charge is 0.0901 e. The third-order valence-corrected chi connectivity index (χ3v) is 4.88. The number of hydrogen-bond donors (Lipinski definition) is 1. The Hall–Kier alpha value is -1.39. The van der Waals surface area contributed by atoms with Crippen LogP contribution in [0.2, 0.25) is 0 Å². The normalized spacial score (nSPS) is 22.2. The highest BCUT2D eigenvalue weighted by atomic mass is 32.1. The molecule has 21 heavy (non-hydrogen) atoms. The first kappa shape index (κ1) is 14.5. The first-order valence-corrected chi connectivity index (χ1v) is 8.44. The van der Waals surface area contributed by atoms with Crippen molar-refractivity contribution in [2.24, 2.45) is 0 Å². The maximum Gasteiger partial charge on any atom is 0.0901 e. The predicted molar refractivity (Wildman–Crippen MR) is 89.0 cm³/mol. The van der Waals surface area contributed by atoms with Crippen molar-refractivity contribution >= 4 is 17.0 Å². The van der Waals surface area contributed by atoms with Crippen LogP contribution < -0.4 is 5.32 Å². The molecule has 1 N–H and O–H groups in total. The van der Waals surface area contributed by atoms with Crippen LogP contribution in [0.3, 0.4) is 0 Å². The van der Waals surface area contributed by atoms with Crippen molar-refractivity contribution in [3.05, 3.63) is 34.7 Å². The molecule has 2 atom stereocenters. The van der Waals surface area contributed by atoms with Crippen molar-refractivity contribution in [3.8, 4) is 11.3 Å². The minimum absolute atomic E-state index is 0.403. The van der Waals surface area contributed by atoms with Gasteiger partial charge < -0.3 is 10.1 Å². The summed E-state index contributed by atoms with van der Waals surface area (Å²) in [5.41, 5.74) is 3.43. The average Bonchev–Trinajstić information content (AvgIpc) is 2.94. The van der Waals surface area contributed by atoms with Crippen molar-refractivity contribution in [1.82, 2.24) is 4.98 Å². The Kier molecular flexibility index (Phi) is 4.56. The number of rotatable bonds is 4. The molecular weight excluding hydrogens is 280 g/mol. The topological polar surface area (TPSA) is 34.1 Å². The summed E-state index contributed by atoms with van der Waals surface area (Å²) in [4.78, 5) is 4.56.